The van der Waals surface area contributed by atoms with Crippen LogP contribution >= 0.6 is 0 Å². The Balaban J connectivity index is 1.99. The third-order valence-corrected chi connectivity index (χ3v) is 7.88. The van der Waals surface area contributed by atoms with Crippen LogP contribution in [0.2, 0.25) is 0 Å². The lowest BCUT2D eigenvalue weighted by molar-refractivity contribution is -0.139. The number of carbonyl (C=O) groups is 2. The maximum Gasteiger partial charge on any atom is 0.264 e. The molecule has 2 atom stereocenters. The zero-order valence-electron chi connectivity index (χ0n) is 21.2. The highest BCUT2D eigenvalue weighted by atomic mass is 32.2. The first-order valence-electron chi connectivity index (χ1n) is 12.1. The number of carbonyl (C=O) groups excluding carboxylic acids is 2. The van der Waals surface area contributed by atoms with E-state index in [1.165, 1.54) is 29.2 Å². The average Bonchev–Trinajstić information content (AvgIpc) is 2.91. The van der Waals surface area contributed by atoms with Gasteiger partial charge in [0.25, 0.3) is 10.0 Å². The Morgan fingerprint density at radius 3 is 2.03 bits per heavy atom. The van der Waals surface area contributed by atoms with Crippen molar-refractivity contribution >= 4 is 27.5 Å². The third-order valence-electron chi connectivity index (χ3n) is 6.09. The van der Waals surface area contributed by atoms with Crippen molar-refractivity contribution in [2.75, 3.05) is 10.8 Å². The molecule has 0 radical (unpaired) electrons. The van der Waals surface area contributed by atoms with E-state index in [1.54, 1.807) is 25.1 Å². The number of halogens is 1. The fourth-order valence-corrected chi connectivity index (χ4v) is 5.12. The minimum atomic E-state index is -4.17. The summed E-state index contributed by atoms with van der Waals surface area (Å²) in [7, 11) is -4.17. The molecule has 0 aliphatic rings. The largest absolute Gasteiger partial charge is 0.352 e. The van der Waals surface area contributed by atoms with Crippen LogP contribution in [0.25, 0.3) is 0 Å². The molecule has 0 bridgehead atoms. The molecule has 196 valence electrons. The molecule has 37 heavy (non-hydrogen) atoms. The predicted molar refractivity (Wildman–Crippen MR) is 142 cm³/mol. The van der Waals surface area contributed by atoms with Crippen LogP contribution < -0.4 is 9.62 Å². The predicted octanol–water partition coefficient (Wildman–Crippen LogP) is 4.35. The minimum absolute atomic E-state index is 0.00991. The van der Waals surface area contributed by atoms with Crippen LogP contribution in [0.5, 0.6) is 0 Å². The first kappa shape index (κ1) is 27.9. The summed E-state index contributed by atoms with van der Waals surface area (Å²) < 4.78 is 41.8. The van der Waals surface area contributed by atoms with Gasteiger partial charge in [-0.1, -0.05) is 55.5 Å². The second-order valence-corrected chi connectivity index (χ2v) is 10.7. The Labute approximate surface area is 218 Å². The third kappa shape index (κ3) is 7.16. The van der Waals surface area contributed by atoms with E-state index in [2.05, 4.69) is 5.32 Å². The Morgan fingerprint density at radius 2 is 1.46 bits per heavy atom. The lowest BCUT2D eigenvalue weighted by Gasteiger charge is -2.32. The summed E-state index contributed by atoms with van der Waals surface area (Å²) in [5.74, 6) is -1.44. The number of sulfonamides is 1. The van der Waals surface area contributed by atoms with E-state index < -0.39 is 34.3 Å². The monoisotopic (exact) mass is 525 g/mol. The van der Waals surface area contributed by atoms with Gasteiger partial charge in [0.2, 0.25) is 11.8 Å². The van der Waals surface area contributed by atoms with Crippen LogP contribution in [-0.2, 0) is 26.2 Å². The van der Waals surface area contributed by atoms with Crippen LogP contribution in [0.1, 0.15) is 32.8 Å². The van der Waals surface area contributed by atoms with Gasteiger partial charge < -0.3 is 10.2 Å². The van der Waals surface area contributed by atoms with Crippen molar-refractivity contribution in [2.24, 2.45) is 0 Å². The number of anilines is 1. The molecule has 0 aliphatic carbocycles. The summed E-state index contributed by atoms with van der Waals surface area (Å²) in [5.41, 5.74) is 0.924. The summed E-state index contributed by atoms with van der Waals surface area (Å²) in [6.45, 7) is 4.97. The molecule has 7 nitrogen and oxygen atoms in total. The highest BCUT2D eigenvalue weighted by Gasteiger charge is 2.32. The standard InChI is InChI=1S/C28H32FN3O4S/c1-4-21(2)30-28(34)22(3)31(19-23-11-7-5-8-12-23)27(33)20-32(25-17-15-24(29)16-18-25)37(35,36)26-13-9-6-10-14-26/h5-18,21-22H,4,19-20H2,1-3H3,(H,30,34)/t21-,22+/m0/s1. The highest BCUT2D eigenvalue weighted by Crippen LogP contribution is 2.25. The molecular weight excluding hydrogens is 493 g/mol. The molecular formula is C28H32FN3O4S. The number of nitrogens with one attached hydrogen (secondary N) is 1. The lowest BCUT2D eigenvalue weighted by atomic mass is 10.1. The molecule has 0 saturated carbocycles. The van der Waals surface area contributed by atoms with Gasteiger partial charge in [0.1, 0.15) is 18.4 Å². The summed E-state index contributed by atoms with van der Waals surface area (Å²) in [6, 6.07) is 20.8. The summed E-state index contributed by atoms with van der Waals surface area (Å²) >= 11 is 0. The number of nitrogens with zero attached hydrogens (tertiary/aromatic N) is 2. The number of hydrogen-bond acceptors (Lipinski definition) is 4. The second kappa shape index (κ2) is 12.5. The van der Waals surface area contributed by atoms with Crippen LogP contribution in [0, 0.1) is 5.82 Å². The van der Waals surface area contributed by atoms with Crippen molar-refractivity contribution in [3.05, 3.63) is 96.3 Å². The SMILES string of the molecule is CC[C@H](C)NC(=O)[C@@H](C)N(Cc1ccccc1)C(=O)CN(c1ccc(F)cc1)S(=O)(=O)c1ccccc1. The van der Waals surface area contributed by atoms with Gasteiger partial charge >= 0.3 is 0 Å². The topological polar surface area (TPSA) is 86.8 Å². The molecule has 0 aromatic heterocycles. The van der Waals surface area contributed by atoms with E-state index in [1.807, 2.05) is 44.2 Å². The fourth-order valence-electron chi connectivity index (χ4n) is 3.68. The Hall–Kier alpha value is -3.72. The highest BCUT2D eigenvalue weighted by molar-refractivity contribution is 7.92. The van der Waals surface area contributed by atoms with Gasteiger partial charge in [0, 0.05) is 12.6 Å². The Bertz CT molecular complexity index is 1290. The lowest BCUT2D eigenvalue weighted by Crippen LogP contribution is -2.52. The quantitative estimate of drug-likeness (QED) is 0.403. The van der Waals surface area contributed by atoms with Gasteiger partial charge in [-0.3, -0.25) is 13.9 Å². The molecule has 0 fully saturated rings. The zero-order valence-corrected chi connectivity index (χ0v) is 22.0. The maximum atomic E-state index is 13.7. The van der Waals surface area contributed by atoms with Gasteiger partial charge in [-0.25, -0.2) is 12.8 Å². The van der Waals surface area contributed by atoms with Gasteiger partial charge in [-0.2, -0.15) is 0 Å². The van der Waals surface area contributed by atoms with E-state index in [0.29, 0.717) is 0 Å². The average molecular weight is 526 g/mol. The van der Waals surface area contributed by atoms with Gasteiger partial charge in [0.15, 0.2) is 0 Å². The van der Waals surface area contributed by atoms with Gasteiger partial charge in [0.05, 0.1) is 10.6 Å². The van der Waals surface area contributed by atoms with Crippen molar-refractivity contribution < 1.29 is 22.4 Å². The van der Waals surface area contributed by atoms with Crippen molar-refractivity contribution in [3.8, 4) is 0 Å². The molecule has 0 heterocycles. The van der Waals surface area contributed by atoms with E-state index in [4.69, 9.17) is 0 Å². The van der Waals surface area contributed by atoms with E-state index in [0.717, 1.165) is 28.4 Å². The second-order valence-electron chi connectivity index (χ2n) is 8.80. The summed E-state index contributed by atoms with van der Waals surface area (Å²) in [5, 5.41) is 2.89. The number of rotatable bonds is 11. The summed E-state index contributed by atoms with van der Waals surface area (Å²) in [4.78, 5) is 28.1. The molecule has 0 spiro atoms. The van der Waals surface area contributed by atoms with Crippen molar-refractivity contribution in [1.29, 1.82) is 0 Å². The maximum absolute atomic E-state index is 13.7. The first-order valence-corrected chi connectivity index (χ1v) is 13.5. The molecule has 3 aromatic rings. The van der Waals surface area contributed by atoms with E-state index in [-0.39, 0.29) is 29.1 Å². The molecule has 9 heteroatoms. The number of benzene rings is 3. The van der Waals surface area contributed by atoms with Gasteiger partial charge in [-0.05, 0) is 62.2 Å². The van der Waals surface area contributed by atoms with Crippen LogP contribution in [0.3, 0.4) is 0 Å². The smallest absolute Gasteiger partial charge is 0.264 e. The van der Waals surface area contributed by atoms with Crippen molar-refractivity contribution in [3.63, 3.8) is 0 Å². The number of amides is 2. The first-order chi connectivity index (χ1) is 17.6. The van der Waals surface area contributed by atoms with Crippen LogP contribution in [0.4, 0.5) is 10.1 Å². The Kier molecular flexibility index (Phi) is 9.41. The Morgan fingerprint density at radius 1 is 0.892 bits per heavy atom. The van der Waals surface area contributed by atoms with E-state index >= 15 is 0 Å². The normalized spacial score (nSPS) is 12.9. The van der Waals surface area contributed by atoms with E-state index in [9.17, 15) is 22.4 Å². The molecule has 1 N–H and O–H groups in total. The van der Waals surface area contributed by atoms with Crippen molar-refractivity contribution in [1.82, 2.24) is 10.2 Å². The molecule has 3 rings (SSSR count). The summed E-state index contributed by atoms with van der Waals surface area (Å²) in [6.07, 6.45) is 0.721. The van der Waals surface area contributed by atoms with Crippen LogP contribution in [-0.4, -0.2) is 43.8 Å². The fraction of sp³-hybridized carbons (Fsp3) is 0.286. The molecule has 0 unspecified atom stereocenters. The molecule has 0 saturated heterocycles. The zero-order chi connectivity index (χ0) is 27.0. The molecule has 0 aliphatic heterocycles. The van der Waals surface area contributed by atoms with Crippen LogP contribution in [0.15, 0.2) is 89.8 Å². The molecule has 3 aromatic carbocycles. The minimum Gasteiger partial charge on any atom is -0.352 e. The number of hydrogen-bond donors (Lipinski definition) is 1. The van der Waals surface area contributed by atoms with Gasteiger partial charge in [-0.15, -0.1) is 0 Å². The van der Waals surface area contributed by atoms with Crippen molar-refractivity contribution in [2.45, 2.75) is 50.7 Å². The molecule has 2 amide bonds.